The summed E-state index contributed by atoms with van der Waals surface area (Å²) in [6.45, 7) is 3.91. The van der Waals surface area contributed by atoms with E-state index in [0.717, 1.165) is 32.5 Å². The highest BCUT2D eigenvalue weighted by Gasteiger charge is 2.18. The molecular weight excluding hydrogens is 188 g/mol. The maximum Gasteiger partial charge on any atom is 0.123 e. The summed E-state index contributed by atoms with van der Waals surface area (Å²) in [5, 5.41) is 0. The van der Waals surface area contributed by atoms with Crippen LogP contribution in [0.3, 0.4) is 0 Å². The van der Waals surface area contributed by atoms with Crippen molar-refractivity contribution in [2.45, 2.75) is 32.1 Å². The van der Waals surface area contributed by atoms with Gasteiger partial charge < -0.3 is 10.5 Å². The number of nitrogens with zero attached hydrogens (tertiary/aromatic N) is 1. The summed E-state index contributed by atoms with van der Waals surface area (Å²) in [6.07, 6.45) is 5.20. The molecule has 82 valence electrons. The van der Waals surface area contributed by atoms with Crippen LogP contribution in [0, 0.1) is 0 Å². The molecule has 0 atom stereocenters. The molecule has 1 aliphatic heterocycles. The molecule has 0 radical (unpaired) electrons. The predicted octanol–water partition coefficient (Wildman–Crippen LogP) is 2.12. The molecule has 1 saturated heterocycles. The zero-order chi connectivity index (χ0) is 10.7. The van der Waals surface area contributed by atoms with E-state index in [1.54, 1.807) is 0 Å². The zero-order valence-corrected chi connectivity index (χ0v) is 9.20. The fourth-order valence-electron chi connectivity index (χ4n) is 2.21. The van der Waals surface area contributed by atoms with Crippen LogP contribution in [0.2, 0.25) is 0 Å². The minimum absolute atomic E-state index is 0.613. The van der Waals surface area contributed by atoms with Crippen LogP contribution in [0.25, 0.3) is 0 Å². The monoisotopic (exact) mass is 206 g/mol. The quantitative estimate of drug-likeness (QED) is 0.806. The van der Waals surface area contributed by atoms with Crippen molar-refractivity contribution < 1.29 is 4.74 Å². The molecule has 2 heterocycles. The first-order chi connectivity index (χ1) is 7.31. The van der Waals surface area contributed by atoms with Gasteiger partial charge in [0, 0.05) is 19.4 Å². The summed E-state index contributed by atoms with van der Waals surface area (Å²) in [6, 6.07) is 2.00. The second-order valence-corrected chi connectivity index (χ2v) is 4.05. The predicted molar refractivity (Wildman–Crippen MR) is 60.8 cm³/mol. The van der Waals surface area contributed by atoms with E-state index in [2.05, 4.69) is 11.9 Å². The first-order valence-electron chi connectivity index (χ1n) is 5.63. The van der Waals surface area contributed by atoms with Crippen LogP contribution in [-0.2, 0) is 11.2 Å². The van der Waals surface area contributed by atoms with Gasteiger partial charge in [0.25, 0.3) is 0 Å². The summed E-state index contributed by atoms with van der Waals surface area (Å²) in [7, 11) is 0. The van der Waals surface area contributed by atoms with E-state index < -0.39 is 0 Å². The van der Waals surface area contributed by atoms with Crippen molar-refractivity contribution in [1.29, 1.82) is 0 Å². The van der Waals surface area contributed by atoms with Crippen molar-refractivity contribution >= 4 is 5.82 Å². The molecule has 0 unspecified atom stereocenters. The molecule has 1 aliphatic rings. The van der Waals surface area contributed by atoms with Crippen LogP contribution in [0.4, 0.5) is 5.82 Å². The highest BCUT2D eigenvalue weighted by Crippen LogP contribution is 2.29. The molecule has 0 saturated carbocycles. The van der Waals surface area contributed by atoms with Gasteiger partial charge in [0.2, 0.25) is 0 Å². The van der Waals surface area contributed by atoms with Crippen molar-refractivity contribution in [3.8, 4) is 0 Å². The van der Waals surface area contributed by atoms with Gasteiger partial charge in [0.15, 0.2) is 0 Å². The van der Waals surface area contributed by atoms with Crippen LogP contribution in [-0.4, -0.2) is 18.2 Å². The molecular formula is C12H18N2O. The lowest BCUT2D eigenvalue weighted by atomic mass is 9.89. The van der Waals surface area contributed by atoms with Gasteiger partial charge in [-0.25, -0.2) is 4.98 Å². The average molecular weight is 206 g/mol. The highest BCUT2D eigenvalue weighted by molar-refractivity contribution is 5.38. The molecule has 0 aromatic carbocycles. The summed E-state index contributed by atoms with van der Waals surface area (Å²) in [5.74, 6) is 1.24. The first-order valence-corrected chi connectivity index (χ1v) is 5.63. The molecule has 3 heteroatoms. The molecule has 1 aromatic heterocycles. The van der Waals surface area contributed by atoms with Crippen LogP contribution >= 0.6 is 0 Å². The first kappa shape index (κ1) is 10.4. The van der Waals surface area contributed by atoms with E-state index in [1.807, 2.05) is 12.3 Å². The third kappa shape index (κ3) is 2.29. The molecule has 0 aliphatic carbocycles. The van der Waals surface area contributed by atoms with Gasteiger partial charge in [-0.2, -0.15) is 0 Å². The van der Waals surface area contributed by atoms with E-state index in [-0.39, 0.29) is 0 Å². The summed E-state index contributed by atoms with van der Waals surface area (Å²) in [5.41, 5.74) is 8.41. The fraction of sp³-hybridized carbons (Fsp3) is 0.583. The lowest BCUT2D eigenvalue weighted by Crippen LogP contribution is -2.15. The molecule has 1 aromatic rings. The molecule has 0 bridgehead atoms. The SMILES string of the molecule is CCc1cc(N)ncc1C1CCOCC1. The third-order valence-corrected chi connectivity index (χ3v) is 3.09. The Kier molecular flexibility index (Phi) is 3.21. The van der Waals surface area contributed by atoms with E-state index in [9.17, 15) is 0 Å². The Morgan fingerprint density at radius 2 is 2.20 bits per heavy atom. The van der Waals surface area contributed by atoms with Crippen LogP contribution in [0.1, 0.15) is 36.8 Å². The number of hydrogen-bond acceptors (Lipinski definition) is 3. The van der Waals surface area contributed by atoms with Crippen molar-refractivity contribution in [2.24, 2.45) is 0 Å². The maximum absolute atomic E-state index is 5.70. The number of rotatable bonds is 2. The number of aryl methyl sites for hydroxylation is 1. The fourth-order valence-corrected chi connectivity index (χ4v) is 2.21. The van der Waals surface area contributed by atoms with Gasteiger partial charge >= 0.3 is 0 Å². The number of hydrogen-bond donors (Lipinski definition) is 1. The molecule has 0 spiro atoms. The second-order valence-electron chi connectivity index (χ2n) is 4.05. The number of ether oxygens (including phenoxy) is 1. The van der Waals surface area contributed by atoms with Crippen molar-refractivity contribution in [1.82, 2.24) is 4.98 Å². The van der Waals surface area contributed by atoms with Crippen LogP contribution in [0.5, 0.6) is 0 Å². The lowest BCUT2D eigenvalue weighted by molar-refractivity contribution is 0.0851. The average Bonchev–Trinajstić information content (AvgIpc) is 2.30. The smallest absolute Gasteiger partial charge is 0.123 e. The Hall–Kier alpha value is -1.09. The number of anilines is 1. The highest BCUT2D eigenvalue weighted by atomic mass is 16.5. The summed E-state index contributed by atoms with van der Waals surface area (Å²) < 4.78 is 5.37. The van der Waals surface area contributed by atoms with Crippen LogP contribution in [0.15, 0.2) is 12.3 Å². The largest absolute Gasteiger partial charge is 0.384 e. The number of pyridine rings is 1. The van der Waals surface area contributed by atoms with Crippen LogP contribution < -0.4 is 5.73 Å². The van der Waals surface area contributed by atoms with Gasteiger partial charge in [-0.15, -0.1) is 0 Å². The Morgan fingerprint density at radius 3 is 2.87 bits per heavy atom. The molecule has 2 N–H and O–H groups in total. The number of nitrogen functional groups attached to an aromatic ring is 1. The molecule has 3 nitrogen and oxygen atoms in total. The molecule has 0 amide bonds. The van der Waals surface area contributed by atoms with Gasteiger partial charge in [0.05, 0.1) is 0 Å². The Labute approximate surface area is 90.7 Å². The van der Waals surface area contributed by atoms with Gasteiger partial charge in [0.1, 0.15) is 5.82 Å². The van der Waals surface area contributed by atoms with Gasteiger partial charge in [-0.3, -0.25) is 0 Å². The van der Waals surface area contributed by atoms with Gasteiger partial charge in [-0.05, 0) is 42.4 Å². The standard InChI is InChI=1S/C12H18N2O/c1-2-9-7-12(13)14-8-11(9)10-3-5-15-6-4-10/h7-8,10H,2-6H2,1H3,(H2,13,14). The van der Waals surface area contributed by atoms with E-state index in [0.29, 0.717) is 11.7 Å². The number of aromatic nitrogens is 1. The van der Waals surface area contributed by atoms with E-state index in [4.69, 9.17) is 10.5 Å². The minimum Gasteiger partial charge on any atom is -0.384 e. The van der Waals surface area contributed by atoms with Crippen molar-refractivity contribution in [3.63, 3.8) is 0 Å². The topological polar surface area (TPSA) is 48.1 Å². The van der Waals surface area contributed by atoms with Crippen molar-refractivity contribution in [2.75, 3.05) is 18.9 Å². The zero-order valence-electron chi connectivity index (χ0n) is 9.20. The summed E-state index contributed by atoms with van der Waals surface area (Å²) in [4.78, 5) is 4.20. The normalized spacial score (nSPS) is 17.9. The molecule has 15 heavy (non-hydrogen) atoms. The van der Waals surface area contributed by atoms with E-state index in [1.165, 1.54) is 11.1 Å². The third-order valence-electron chi connectivity index (χ3n) is 3.09. The summed E-state index contributed by atoms with van der Waals surface area (Å²) >= 11 is 0. The molecule has 1 fully saturated rings. The van der Waals surface area contributed by atoms with E-state index >= 15 is 0 Å². The van der Waals surface area contributed by atoms with Gasteiger partial charge in [-0.1, -0.05) is 6.92 Å². The number of nitrogens with two attached hydrogens (primary N) is 1. The molecule has 2 rings (SSSR count). The Bertz CT molecular complexity index is 332. The lowest BCUT2D eigenvalue weighted by Gasteiger charge is -2.24. The van der Waals surface area contributed by atoms with Crippen molar-refractivity contribution in [3.05, 3.63) is 23.4 Å². The second kappa shape index (κ2) is 4.62. The minimum atomic E-state index is 0.613. The Morgan fingerprint density at radius 1 is 1.47 bits per heavy atom. The maximum atomic E-state index is 5.70. The Balaban J connectivity index is 2.25.